The van der Waals surface area contributed by atoms with Gasteiger partial charge in [-0.3, -0.25) is 4.98 Å². The highest BCUT2D eigenvalue weighted by molar-refractivity contribution is 6.31. The summed E-state index contributed by atoms with van der Waals surface area (Å²) >= 11 is 6.15. The van der Waals surface area contributed by atoms with Crippen molar-refractivity contribution in [1.29, 1.82) is 0 Å². The Morgan fingerprint density at radius 3 is 2.75 bits per heavy atom. The molecule has 1 heterocycles. The third-order valence-electron chi connectivity index (χ3n) is 3.52. The topological polar surface area (TPSA) is 24.9 Å². The number of pyridine rings is 1. The highest BCUT2D eigenvalue weighted by atomic mass is 35.5. The van der Waals surface area contributed by atoms with Gasteiger partial charge in [0, 0.05) is 23.2 Å². The SMILES string of the molecule is CCCCCCCCNc1cc(Cl)cc2cccnc12. The number of nitrogens with zero attached hydrogens (tertiary/aromatic N) is 1. The van der Waals surface area contributed by atoms with Gasteiger partial charge in [0.1, 0.15) is 0 Å². The minimum Gasteiger partial charge on any atom is -0.383 e. The van der Waals surface area contributed by atoms with E-state index in [4.69, 9.17) is 11.6 Å². The van der Waals surface area contributed by atoms with E-state index in [1.165, 1.54) is 38.5 Å². The van der Waals surface area contributed by atoms with Gasteiger partial charge in [-0.25, -0.2) is 0 Å². The van der Waals surface area contributed by atoms with Crippen LogP contribution < -0.4 is 5.32 Å². The molecule has 0 radical (unpaired) electrons. The number of unbranched alkanes of at least 4 members (excludes halogenated alkanes) is 5. The Morgan fingerprint density at radius 2 is 1.90 bits per heavy atom. The van der Waals surface area contributed by atoms with Crippen molar-refractivity contribution in [2.24, 2.45) is 0 Å². The Bertz CT molecular complexity index is 540. The Balaban J connectivity index is 1.86. The van der Waals surface area contributed by atoms with E-state index in [0.29, 0.717) is 0 Å². The maximum atomic E-state index is 6.15. The van der Waals surface area contributed by atoms with Crippen LogP contribution in [-0.4, -0.2) is 11.5 Å². The van der Waals surface area contributed by atoms with Crippen molar-refractivity contribution < 1.29 is 0 Å². The molecule has 0 saturated carbocycles. The summed E-state index contributed by atoms with van der Waals surface area (Å²) in [4.78, 5) is 4.44. The second-order valence-corrected chi connectivity index (χ2v) is 5.66. The molecule has 1 aromatic heterocycles. The van der Waals surface area contributed by atoms with Gasteiger partial charge >= 0.3 is 0 Å². The van der Waals surface area contributed by atoms with E-state index in [1.54, 1.807) is 0 Å². The zero-order chi connectivity index (χ0) is 14.2. The maximum absolute atomic E-state index is 6.15. The standard InChI is InChI=1S/C17H23ClN2/c1-2-3-4-5-6-7-10-19-16-13-15(18)12-14-9-8-11-20-17(14)16/h8-9,11-13,19H,2-7,10H2,1H3. The van der Waals surface area contributed by atoms with Crippen molar-refractivity contribution in [3.63, 3.8) is 0 Å². The van der Waals surface area contributed by atoms with Crippen LogP contribution in [0.5, 0.6) is 0 Å². The molecule has 0 saturated heterocycles. The first kappa shape index (κ1) is 15.1. The van der Waals surface area contributed by atoms with Crippen LogP contribution in [0.15, 0.2) is 30.5 Å². The van der Waals surface area contributed by atoms with E-state index in [9.17, 15) is 0 Å². The largest absolute Gasteiger partial charge is 0.383 e. The van der Waals surface area contributed by atoms with Gasteiger partial charge in [-0.05, 0) is 24.6 Å². The Morgan fingerprint density at radius 1 is 1.10 bits per heavy atom. The van der Waals surface area contributed by atoms with Crippen molar-refractivity contribution in [1.82, 2.24) is 4.98 Å². The summed E-state index contributed by atoms with van der Waals surface area (Å²) in [6.45, 7) is 3.23. The average molecular weight is 291 g/mol. The van der Waals surface area contributed by atoms with E-state index in [2.05, 4.69) is 17.2 Å². The van der Waals surface area contributed by atoms with Crippen LogP contribution >= 0.6 is 11.6 Å². The third-order valence-corrected chi connectivity index (χ3v) is 3.73. The quantitative estimate of drug-likeness (QED) is 0.634. The van der Waals surface area contributed by atoms with Crippen LogP contribution in [0.4, 0.5) is 5.69 Å². The molecule has 0 unspecified atom stereocenters. The lowest BCUT2D eigenvalue weighted by atomic mass is 10.1. The number of halogens is 1. The second kappa shape index (κ2) is 8.11. The lowest BCUT2D eigenvalue weighted by Gasteiger charge is -2.09. The predicted octanol–water partition coefficient (Wildman–Crippen LogP) is 5.66. The van der Waals surface area contributed by atoms with Crippen molar-refractivity contribution in [2.75, 3.05) is 11.9 Å². The summed E-state index contributed by atoms with van der Waals surface area (Å²) in [6.07, 6.45) is 9.67. The zero-order valence-corrected chi connectivity index (χ0v) is 12.9. The lowest BCUT2D eigenvalue weighted by Crippen LogP contribution is -2.02. The van der Waals surface area contributed by atoms with E-state index in [1.807, 2.05) is 30.5 Å². The van der Waals surface area contributed by atoms with Gasteiger partial charge in [0.05, 0.1) is 11.2 Å². The van der Waals surface area contributed by atoms with Gasteiger partial charge in [0.15, 0.2) is 0 Å². The fourth-order valence-electron chi connectivity index (χ4n) is 2.42. The Labute approximate surface area is 126 Å². The maximum Gasteiger partial charge on any atom is 0.0934 e. The highest BCUT2D eigenvalue weighted by Gasteiger charge is 2.03. The molecule has 1 aromatic carbocycles. The zero-order valence-electron chi connectivity index (χ0n) is 12.2. The normalized spacial score (nSPS) is 10.9. The fourth-order valence-corrected chi connectivity index (χ4v) is 2.65. The monoisotopic (exact) mass is 290 g/mol. The van der Waals surface area contributed by atoms with Crippen LogP contribution in [0.2, 0.25) is 5.02 Å². The number of benzene rings is 1. The highest BCUT2D eigenvalue weighted by Crippen LogP contribution is 2.26. The van der Waals surface area contributed by atoms with E-state index >= 15 is 0 Å². The van der Waals surface area contributed by atoms with Gasteiger partial charge in [0.25, 0.3) is 0 Å². The van der Waals surface area contributed by atoms with E-state index < -0.39 is 0 Å². The van der Waals surface area contributed by atoms with Gasteiger partial charge in [0.2, 0.25) is 0 Å². The Kier molecular flexibility index (Phi) is 6.13. The minimum atomic E-state index is 0.760. The molecule has 0 atom stereocenters. The molecule has 0 bridgehead atoms. The van der Waals surface area contributed by atoms with E-state index in [-0.39, 0.29) is 0 Å². The van der Waals surface area contributed by atoms with Crippen molar-refractivity contribution in [3.8, 4) is 0 Å². The Hall–Kier alpha value is -1.28. The summed E-state index contributed by atoms with van der Waals surface area (Å²) in [5.41, 5.74) is 2.05. The number of hydrogen-bond donors (Lipinski definition) is 1. The molecule has 0 aliphatic heterocycles. The molecule has 3 heteroatoms. The van der Waals surface area contributed by atoms with Crippen LogP contribution in [-0.2, 0) is 0 Å². The fraction of sp³-hybridized carbons (Fsp3) is 0.471. The first-order valence-electron chi connectivity index (χ1n) is 7.59. The summed E-state index contributed by atoms with van der Waals surface area (Å²) in [5, 5.41) is 5.32. The number of aromatic nitrogens is 1. The third kappa shape index (κ3) is 4.38. The first-order valence-corrected chi connectivity index (χ1v) is 7.97. The molecule has 0 fully saturated rings. The van der Waals surface area contributed by atoms with Crippen LogP contribution in [0, 0.1) is 0 Å². The number of anilines is 1. The number of fused-ring (bicyclic) bond motifs is 1. The summed E-state index contributed by atoms with van der Waals surface area (Å²) in [5.74, 6) is 0. The van der Waals surface area contributed by atoms with Gasteiger partial charge in [-0.15, -0.1) is 0 Å². The molecule has 1 N–H and O–H groups in total. The molecule has 0 spiro atoms. The smallest absolute Gasteiger partial charge is 0.0934 e. The molecule has 2 rings (SSSR count). The van der Waals surface area contributed by atoms with Crippen LogP contribution in [0.3, 0.4) is 0 Å². The molecular weight excluding hydrogens is 268 g/mol. The first-order chi connectivity index (χ1) is 9.81. The second-order valence-electron chi connectivity index (χ2n) is 5.22. The average Bonchev–Trinajstić information content (AvgIpc) is 2.46. The molecular formula is C17H23ClN2. The summed E-state index contributed by atoms with van der Waals surface area (Å²) in [6, 6.07) is 7.91. The molecule has 2 aromatic rings. The van der Waals surface area contributed by atoms with Crippen molar-refractivity contribution in [2.45, 2.75) is 45.4 Å². The molecule has 0 aliphatic carbocycles. The van der Waals surface area contributed by atoms with Crippen LogP contribution in [0.25, 0.3) is 10.9 Å². The van der Waals surface area contributed by atoms with Gasteiger partial charge in [-0.1, -0.05) is 56.7 Å². The summed E-state index contributed by atoms with van der Waals surface area (Å²) in [7, 11) is 0. The molecule has 0 amide bonds. The molecule has 2 nitrogen and oxygen atoms in total. The predicted molar refractivity (Wildman–Crippen MR) is 88.6 cm³/mol. The molecule has 108 valence electrons. The van der Waals surface area contributed by atoms with E-state index in [0.717, 1.165) is 28.2 Å². The lowest BCUT2D eigenvalue weighted by molar-refractivity contribution is 0.617. The van der Waals surface area contributed by atoms with Gasteiger partial charge in [-0.2, -0.15) is 0 Å². The number of rotatable bonds is 8. The van der Waals surface area contributed by atoms with Crippen molar-refractivity contribution in [3.05, 3.63) is 35.5 Å². The van der Waals surface area contributed by atoms with Crippen LogP contribution in [0.1, 0.15) is 45.4 Å². The van der Waals surface area contributed by atoms with Crippen molar-refractivity contribution >= 4 is 28.2 Å². The molecule has 20 heavy (non-hydrogen) atoms. The summed E-state index contributed by atoms with van der Waals surface area (Å²) < 4.78 is 0. The van der Waals surface area contributed by atoms with Gasteiger partial charge < -0.3 is 5.32 Å². The number of hydrogen-bond acceptors (Lipinski definition) is 2. The minimum absolute atomic E-state index is 0.760. The molecule has 0 aliphatic rings. The number of nitrogens with one attached hydrogen (secondary N) is 1.